The molecule has 2 unspecified atom stereocenters. The second-order valence-corrected chi connectivity index (χ2v) is 14.1. The number of thioether (sulfide) groups is 4. The van der Waals surface area contributed by atoms with Crippen LogP contribution in [0, 0.1) is 0 Å². The van der Waals surface area contributed by atoms with Gasteiger partial charge in [0.05, 0.1) is 0 Å². The Balaban J connectivity index is 1.71. The summed E-state index contributed by atoms with van der Waals surface area (Å²) in [5.74, 6) is 4.83. The summed E-state index contributed by atoms with van der Waals surface area (Å²) in [6.45, 7) is 14.9. The minimum atomic E-state index is 0.00437. The number of carbonyl (C=O) groups excluding carboxylic acids is 2. The Kier molecular flexibility index (Phi) is 14.8. The van der Waals surface area contributed by atoms with Crippen LogP contribution < -0.4 is 9.47 Å². The van der Waals surface area contributed by atoms with Gasteiger partial charge in [-0.2, -0.15) is 0 Å². The highest BCUT2D eigenvalue weighted by Gasteiger charge is 2.09. The van der Waals surface area contributed by atoms with Gasteiger partial charge in [0.1, 0.15) is 22.4 Å². The van der Waals surface area contributed by atoms with Crippen LogP contribution in [-0.4, -0.2) is 44.1 Å². The zero-order chi connectivity index (χ0) is 27.2. The summed E-state index contributed by atoms with van der Waals surface area (Å²) < 4.78 is 12.0. The number of carbonyl (C=O) groups is 2. The van der Waals surface area contributed by atoms with Crippen LogP contribution in [0.25, 0.3) is 0 Å². The first-order chi connectivity index (χ1) is 17.6. The van der Waals surface area contributed by atoms with Gasteiger partial charge >= 0.3 is 0 Å². The first kappa shape index (κ1) is 31.8. The normalized spacial score (nSPS) is 12.4. The molecule has 0 aliphatic carbocycles. The Morgan fingerprint density at radius 2 is 1.03 bits per heavy atom. The van der Waals surface area contributed by atoms with Crippen LogP contribution in [0.4, 0.5) is 0 Å². The maximum Gasteiger partial charge on any atom is 0.214 e. The molecular weight excluding hydrogens is 561 g/mol. The zero-order valence-electron chi connectivity index (χ0n) is 21.7. The number of hydrogen-bond acceptors (Lipinski definition) is 9. The Labute approximate surface area is 242 Å². The van der Waals surface area contributed by atoms with E-state index in [-0.39, 0.29) is 21.1 Å². The average molecular weight is 595 g/mol. The van der Waals surface area contributed by atoms with Crippen molar-refractivity contribution in [2.45, 2.75) is 48.4 Å². The maximum absolute atomic E-state index is 11.6. The minimum Gasteiger partial charge on any atom is -0.480 e. The summed E-state index contributed by atoms with van der Waals surface area (Å²) in [5.41, 5.74) is 1.19. The zero-order valence-corrected chi connectivity index (χ0v) is 25.8. The summed E-state index contributed by atoms with van der Waals surface area (Å²) in [5, 5.41) is 0.106. The Bertz CT molecular complexity index is 954. The smallest absolute Gasteiger partial charge is 0.214 e. The van der Waals surface area contributed by atoms with Crippen molar-refractivity contribution in [3.8, 4) is 11.5 Å². The van der Waals surface area contributed by atoms with E-state index >= 15 is 0 Å². The molecule has 37 heavy (non-hydrogen) atoms. The quantitative estimate of drug-likeness (QED) is 0.108. The van der Waals surface area contributed by atoms with E-state index in [1.165, 1.54) is 23.5 Å². The molecule has 2 aromatic rings. The predicted octanol–water partition coefficient (Wildman–Crippen LogP) is 8.43. The van der Waals surface area contributed by atoms with Gasteiger partial charge in [0.25, 0.3) is 0 Å². The largest absolute Gasteiger partial charge is 0.480 e. The summed E-state index contributed by atoms with van der Waals surface area (Å²) >= 11 is 7.66. The molecule has 0 aliphatic rings. The number of benzene rings is 2. The summed E-state index contributed by atoms with van der Waals surface area (Å²) in [7, 11) is 0. The van der Waals surface area contributed by atoms with Gasteiger partial charge in [-0.1, -0.05) is 48.4 Å². The van der Waals surface area contributed by atoms with Crippen molar-refractivity contribution in [3.05, 3.63) is 72.8 Å². The van der Waals surface area contributed by atoms with Crippen LogP contribution >= 0.6 is 58.8 Å². The van der Waals surface area contributed by atoms with Crippen molar-refractivity contribution in [2.24, 2.45) is 0 Å². The van der Waals surface area contributed by atoms with Crippen molar-refractivity contribution >= 4 is 69.0 Å². The molecule has 2 rings (SSSR count). The fourth-order valence-electron chi connectivity index (χ4n) is 2.70. The molecule has 0 spiro atoms. The number of ether oxygens (including phenoxy) is 2. The molecule has 0 heterocycles. The Hall–Kier alpha value is -1.39. The predicted molar refractivity (Wildman–Crippen MR) is 167 cm³/mol. The summed E-state index contributed by atoms with van der Waals surface area (Å²) in [6, 6.07) is 16.2. The lowest BCUT2D eigenvalue weighted by Gasteiger charge is -2.15. The van der Waals surface area contributed by atoms with E-state index in [2.05, 4.69) is 37.4 Å². The van der Waals surface area contributed by atoms with Gasteiger partial charge in [0.2, 0.25) is 10.2 Å². The van der Waals surface area contributed by atoms with Gasteiger partial charge in [-0.25, -0.2) is 0 Å². The van der Waals surface area contributed by atoms with Crippen LogP contribution in [0.5, 0.6) is 11.5 Å². The van der Waals surface area contributed by atoms with Gasteiger partial charge in [0, 0.05) is 32.8 Å². The fraction of sp³-hybridized carbons (Fsp3) is 0.357. The first-order valence-corrected chi connectivity index (χ1v) is 16.6. The molecule has 9 heteroatoms. The second-order valence-electron chi connectivity index (χ2n) is 7.99. The van der Waals surface area contributed by atoms with E-state index in [9.17, 15) is 9.59 Å². The third-order valence-corrected chi connectivity index (χ3v) is 10.1. The monoisotopic (exact) mass is 594 g/mol. The van der Waals surface area contributed by atoms with Gasteiger partial charge in [-0.05, 0) is 87.4 Å². The van der Waals surface area contributed by atoms with Crippen molar-refractivity contribution in [2.75, 3.05) is 23.0 Å². The molecule has 0 saturated heterocycles. The molecule has 200 valence electrons. The third kappa shape index (κ3) is 13.3. The summed E-state index contributed by atoms with van der Waals surface area (Å²) in [6.07, 6.45) is 0. The minimum absolute atomic E-state index is 0.00437. The van der Waals surface area contributed by atoms with Crippen molar-refractivity contribution in [1.29, 1.82) is 0 Å². The van der Waals surface area contributed by atoms with E-state index in [0.717, 1.165) is 44.3 Å². The van der Waals surface area contributed by atoms with Crippen LogP contribution in [-0.2, 0) is 9.59 Å². The van der Waals surface area contributed by atoms with Gasteiger partial charge in [-0.15, -0.1) is 23.5 Å². The van der Waals surface area contributed by atoms with Crippen LogP contribution in [0.1, 0.15) is 27.7 Å². The maximum atomic E-state index is 11.6. The topological polar surface area (TPSA) is 52.6 Å². The second kappa shape index (κ2) is 17.2. The molecule has 0 saturated carbocycles. The number of rotatable bonds is 16. The van der Waals surface area contributed by atoms with E-state index in [1.807, 2.05) is 38.1 Å². The first-order valence-electron chi connectivity index (χ1n) is 11.7. The summed E-state index contributed by atoms with van der Waals surface area (Å²) in [4.78, 5) is 25.4. The highest BCUT2D eigenvalue weighted by Crippen LogP contribution is 2.31. The van der Waals surface area contributed by atoms with Crippen molar-refractivity contribution in [1.82, 2.24) is 0 Å². The van der Waals surface area contributed by atoms with Gasteiger partial charge < -0.3 is 9.47 Å². The van der Waals surface area contributed by atoms with E-state index in [1.54, 1.807) is 49.1 Å². The fourth-order valence-corrected chi connectivity index (χ4v) is 6.84. The standard InChI is InChI=1S/C28H34O4S5/c1-19(2)27(29)35-17-15-33-21(5)31-23-7-11-25(12-8-23)37-26-13-9-24(10-14-26)32-22(6)34-16-18-36-28(30)20(3)4/h7-14,21-22H,1,3,15-18H2,2,4-6H3. The lowest BCUT2D eigenvalue weighted by Crippen LogP contribution is -2.08. The highest BCUT2D eigenvalue weighted by molar-refractivity contribution is 8.15. The van der Waals surface area contributed by atoms with E-state index < -0.39 is 0 Å². The van der Waals surface area contributed by atoms with Crippen LogP contribution in [0.3, 0.4) is 0 Å². The molecule has 4 nitrogen and oxygen atoms in total. The van der Waals surface area contributed by atoms with Crippen molar-refractivity contribution in [3.63, 3.8) is 0 Å². The molecule has 0 bridgehead atoms. The Morgan fingerprint density at radius 1 is 0.676 bits per heavy atom. The molecule has 0 aliphatic heterocycles. The van der Waals surface area contributed by atoms with Gasteiger partial charge in [-0.3, -0.25) is 9.59 Å². The van der Waals surface area contributed by atoms with Crippen LogP contribution in [0.2, 0.25) is 0 Å². The lowest BCUT2D eigenvalue weighted by molar-refractivity contribution is -0.108. The molecule has 0 amide bonds. The molecule has 2 atom stereocenters. The van der Waals surface area contributed by atoms with E-state index in [0.29, 0.717) is 11.1 Å². The average Bonchev–Trinajstić information content (AvgIpc) is 2.86. The molecule has 0 aromatic heterocycles. The SMILES string of the molecule is C=C(C)C(=O)SCCSC(C)Oc1ccc(Sc2ccc(OC(C)SCCSC(=O)C(=C)C)cc2)cc1. The number of hydrogen-bond donors (Lipinski definition) is 0. The molecule has 2 aromatic carbocycles. The van der Waals surface area contributed by atoms with Crippen LogP contribution in [0.15, 0.2) is 82.6 Å². The van der Waals surface area contributed by atoms with Gasteiger partial charge in [0.15, 0.2) is 0 Å². The molecule has 0 N–H and O–H groups in total. The highest BCUT2D eigenvalue weighted by atomic mass is 32.2. The van der Waals surface area contributed by atoms with E-state index in [4.69, 9.17) is 9.47 Å². The molecule has 0 fully saturated rings. The lowest BCUT2D eigenvalue weighted by atomic mass is 10.3. The van der Waals surface area contributed by atoms with Crippen molar-refractivity contribution < 1.29 is 19.1 Å². The molecule has 0 radical (unpaired) electrons. The molecular formula is C28H34O4S5. The Morgan fingerprint density at radius 3 is 1.35 bits per heavy atom. The third-order valence-electron chi connectivity index (χ3n) is 4.52.